The summed E-state index contributed by atoms with van der Waals surface area (Å²) in [7, 11) is 0. The third-order valence-electron chi connectivity index (χ3n) is 5.70. The van der Waals surface area contributed by atoms with Crippen LogP contribution in [0.4, 0.5) is 0 Å². The summed E-state index contributed by atoms with van der Waals surface area (Å²) in [6, 6.07) is 5.76. The minimum Gasteiger partial charge on any atom is -0.466 e. The lowest BCUT2D eigenvalue weighted by atomic mass is 9.93. The second kappa shape index (κ2) is 12.8. The maximum Gasteiger partial charge on any atom is 0.306 e. The number of rotatable bonds is 11. The molecule has 2 amide bonds. The van der Waals surface area contributed by atoms with Crippen LogP contribution in [0.15, 0.2) is 24.3 Å². The van der Waals surface area contributed by atoms with Crippen molar-refractivity contribution >= 4 is 23.6 Å². The molecule has 0 saturated carbocycles. The summed E-state index contributed by atoms with van der Waals surface area (Å²) in [4.78, 5) is 39.4. The lowest BCUT2D eigenvalue weighted by Crippen LogP contribution is -2.50. The van der Waals surface area contributed by atoms with E-state index in [-0.39, 0.29) is 29.5 Å². The Morgan fingerprint density at radius 1 is 1.16 bits per heavy atom. The van der Waals surface area contributed by atoms with Gasteiger partial charge in [-0.05, 0) is 63.6 Å². The van der Waals surface area contributed by atoms with Crippen molar-refractivity contribution in [1.82, 2.24) is 10.2 Å². The SMILES string of the molecule is CCOC(=O)CC1CCN(C(=O)[C@@H](CCCCN)NC(=O)c2ccc(C(=N)N)cc2)CC1. The molecular weight excluding hydrogens is 410 g/mol. The fourth-order valence-corrected chi connectivity index (χ4v) is 3.83. The first-order chi connectivity index (χ1) is 15.3. The molecule has 1 atom stereocenters. The van der Waals surface area contributed by atoms with Crippen LogP contribution in [0.25, 0.3) is 0 Å². The largest absolute Gasteiger partial charge is 0.466 e. The molecule has 6 N–H and O–H groups in total. The Hall–Kier alpha value is -2.94. The molecule has 2 rings (SSSR count). The van der Waals surface area contributed by atoms with Gasteiger partial charge in [0.2, 0.25) is 5.91 Å². The average molecular weight is 446 g/mol. The van der Waals surface area contributed by atoms with Gasteiger partial charge in [0.25, 0.3) is 5.91 Å². The Morgan fingerprint density at radius 3 is 2.34 bits per heavy atom. The molecule has 1 aromatic rings. The normalized spacial score (nSPS) is 15.1. The predicted molar refractivity (Wildman–Crippen MR) is 122 cm³/mol. The van der Waals surface area contributed by atoms with Crippen molar-refractivity contribution in [3.05, 3.63) is 35.4 Å². The first kappa shape index (κ1) is 25.3. The van der Waals surface area contributed by atoms with Crippen molar-refractivity contribution in [1.29, 1.82) is 5.41 Å². The summed E-state index contributed by atoms with van der Waals surface area (Å²) in [5.41, 5.74) is 12.0. The van der Waals surface area contributed by atoms with E-state index in [1.165, 1.54) is 0 Å². The number of carbonyl (C=O) groups is 3. The molecule has 1 saturated heterocycles. The van der Waals surface area contributed by atoms with E-state index in [0.29, 0.717) is 50.2 Å². The summed E-state index contributed by atoms with van der Waals surface area (Å²) in [5.74, 6) is -0.505. The first-order valence-corrected chi connectivity index (χ1v) is 11.3. The number of benzene rings is 1. The third-order valence-corrected chi connectivity index (χ3v) is 5.70. The zero-order chi connectivity index (χ0) is 23.5. The number of esters is 1. The highest BCUT2D eigenvalue weighted by molar-refractivity contribution is 5.99. The molecule has 1 heterocycles. The van der Waals surface area contributed by atoms with Crippen molar-refractivity contribution < 1.29 is 19.1 Å². The molecule has 1 aromatic carbocycles. The van der Waals surface area contributed by atoms with Gasteiger partial charge in [0.05, 0.1) is 6.61 Å². The highest BCUT2D eigenvalue weighted by Crippen LogP contribution is 2.22. The van der Waals surface area contributed by atoms with Crippen LogP contribution < -0.4 is 16.8 Å². The van der Waals surface area contributed by atoms with Gasteiger partial charge >= 0.3 is 5.97 Å². The number of nitrogens with one attached hydrogen (secondary N) is 2. The Bertz CT molecular complexity index is 788. The minimum atomic E-state index is -0.636. The summed E-state index contributed by atoms with van der Waals surface area (Å²) in [6.07, 6.45) is 3.87. The number of piperidine rings is 1. The summed E-state index contributed by atoms with van der Waals surface area (Å²) in [5, 5.41) is 10.3. The Labute approximate surface area is 189 Å². The van der Waals surface area contributed by atoms with Crippen molar-refractivity contribution in [2.75, 3.05) is 26.2 Å². The molecule has 176 valence electrons. The molecule has 0 aliphatic carbocycles. The lowest BCUT2D eigenvalue weighted by molar-refractivity contribution is -0.144. The molecule has 0 aromatic heterocycles. The van der Waals surface area contributed by atoms with Crippen LogP contribution in [0.5, 0.6) is 0 Å². The van der Waals surface area contributed by atoms with Crippen molar-refractivity contribution in [2.24, 2.45) is 17.4 Å². The Kier molecular flexibility index (Phi) is 10.1. The Balaban J connectivity index is 1.98. The van der Waals surface area contributed by atoms with Gasteiger partial charge in [-0.2, -0.15) is 0 Å². The molecule has 0 spiro atoms. The lowest BCUT2D eigenvalue weighted by Gasteiger charge is -2.34. The monoisotopic (exact) mass is 445 g/mol. The van der Waals surface area contributed by atoms with Crippen molar-refractivity contribution in [2.45, 2.75) is 51.5 Å². The number of amidine groups is 1. The minimum absolute atomic E-state index is 0.0712. The molecule has 9 nitrogen and oxygen atoms in total. The van der Waals surface area contributed by atoms with E-state index in [0.717, 1.165) is 25.7 Å². The fraction of sp³-hybridized carbons (Fsp3) is 0.565. The number of ether oxygens (including phenoxy) is 1. The molecule has 32 heavy (non-hydrogen) atoms. The van der Waals surface area contributed by atoms with Gasteiger partial charge in [-0.1, -0.05) is 12.1 Å². The van der Waals surface area contributed by atoms with E-state index in [9.17, 15) is 14.4 Å². The van der Waals surface area contributed by atoms with Gasteiger partial charge in [0.15, 0.2) is 0 Å². The van der Waals surface area contributed by atoms with Crippen LogP contribution in [0.3, 0.4) is 0 Å². The van der Waals surface area contributed by atoms with Gasteiger partial charge in [0.1, 0.15) is 11.9 Å². The van der Waals surface area contributed by atoms with Crippen LogP contribution in [-0.2, 0) is 14.3 Å². The molecule has 1 aliphatic rings. The number of unbranched alkanes of at least 4 members (excludes halogenated alkanes) is 1. The zero-order valence-electron chi connectivity index (χ0n) is 18.8. The molecule has 0 unspecified atom stereocenters. The quantitative estimate of drug-likeness (QED) is 0.175. The predicted octanol–water partition coefficient (Wildman–Crippen LogP) is 1.39. The molecule has 1 aliphatic heterocycles. The van der Waals surface area contributed by atoms with E-state index in [1.807, 2.05) is 0 Å². The maximum atomic E-state index is 13.2. The summed E-state index contributed by atoms with van der Waals surface area (Å²) < 4.78 is 5.02. The van der Waals surface area contributed by atoms with Crippen molar-refractivity contribution in [3.63, 3.8) is 0 Å². The number of amides is 2. The van der Waals surface area contributed by atoms with Gasteiger partial charge < -0.3 is 26.4 Å². The number of hydrogen-bond acceptors (Lipinski definition) is 6. The Morgan fingerprint density at radius 2 is 1.78 bits per heavy atom. The van der Waals surface area contributed by atoms with Gasteiger partial charge in [-0.15, -0.1) is 0 Å². The highest BCUT2D eigenvalue weighted by Gasteiger charge is 2.30. The van der Waals surface area contributed by atoms with Gasteiger partial charge in [-0.3, -0.25) is 19.8 Å². The van der Waals surface area contributed by atoms with E-state index < -0.39 is 6.04 Å². The molecule has 0 radical (unpaired) electrons. The number of carbonyl (C=O) groups excluding carboxylic acids is 3. The van der Waals surface area contributed by atoms with Crippen LogP contribution in [-0.4, -0.2) is 60.8 Å². The maximum absolute atomic E-state index is 13.2. The number of nitrogens with two attached hydrogens (primary N) is 2. The number of likely N-dealkylation sites (tertiary alicyclic amines) is 1. The van der Waals surface area contributed by atoms with E-state index in [4.69, 9.17) is 21.6 Å². The van der Waals surface area contributed by atoms with E-state index in [1.54, 1.807) is 36.1 Å². The van der Waals surface area contributed by atoms with Gasteiger partial charge in [-0.25, -0.2) is 0 Å². The third kappa shape index (κ3) is 7.64. The zero-order valence-corrected chi connectivity index (χ0v) is 18.8. The number of nitrogen functional groups attached to an aromatic ring is 1. The average Bonchev–Trinajstić information content (AvgIpc) is 2.78. The highest BCUT2D eigenvalue weighted by atomic mass is 16.5. The molecular formula is C23H35N5O4. The topological polar surface area (TPSA) is 152 Å². The fourth-order valence-electron chi connectivity index (χ4n) is 3.83. The summed E-state index contributed by atoms with van der Waals surface area (Å²) >= 11 is 0. The van der Waals surface area contributed by atoms with E-state index >= 15 is 0 Å². The van der Waals surface area contributed by atoms with Crippen LogP contribution in [0.2, 0.25) is 0 Å². The van der Waals surface area contributed by atoms with Gasteiger partial charge in [0, 0.05) is 30.6 Å². The number of hydrogen-bond donors (Lipinski definition) is 4. The summed E-state index contributed by atoms with van der Waals surface area (Å²) in [6.45, 7) is 3.80. The second-order valence-corrected chi connectivity index (χ2v) is 8.08. The standard InChI is InChI=1S/C23H35N5O4/c1-2-32-20(29)15-16-10-13-28(14-11-16)23(31)19(5-3-4-12-24)27-22(30)18-8-6-17(7-9-18)21(25)26/h6-9,16,19H,2-5,10-15,24H2,1H3,(H3,25,26)(H,27,30)/t19-/m1/s1. The van der Waals surface area contributed by atoms with E-state index in [2.05, 4.69) is 5.32 Å². The number of nitrogens with zero attached hydrogens (tertiary/aromatic N) is 1. The van der Waals surface area contributed by atoms with Crippen LogP contribution in [0, 0.1) is 11.3 Å². The molecule has 9 heteroatoms. The second-order valence-electron chi connectivity index (χ2n) is 8.08. The smallest absolute Gasteiger partial charge is 0.306 e. The van der Waals surface area contributed by atoms with Crippen LogP contribution in [0.1, 0.15) is 61.4 Å². The molecule has 0 bridgehead atoms. The molecule has 1 fully saturated rings. The van der Waals surface area contributed by atoms with Crippen molar-refractivity contribution in [3.8, 4) is 0 Å². The van der Waals surface area contributed by atoms with Crippen LogP contribution >= 0.6 is 0 Å². The first-order valence-electron chi connectivity index (χ1n) is 11.3.